The third kappa shape index (κ3) is 1.30. The molecule has 2 aromatic heterocycles. The maximum Gasteiger partial charge on any atom is 0.268 e. The number of thiophene rings is 1. The van der Waals surface area contributed by atoms with Crippen LogP contribution in [0.25, 0.3) is 21.0 Å². The zero-order valence-corrected chi connectivity index (χ0v) is 9.91. The maximum atomic E-state index is 12.1. The topological polar surface area (TPSA) is 45.8 Å². The molecule has 82 valence electrons. The van der Waals surface area contributed by atoms with Crippen LogP contribution in [0.15, 0.2) is 34.4 Å². The van der Waals surface area contributed by atoms with E-state index in [-0.39, 0.29) is 5.56 Å². The second kappa shape index (κ2) is 3.44. The fraction of sp³-hybridized carbons (Fsp3) is 0.0769. The largest absolute Gasteiger partial charge is 0.310 e. The van der Waals surface area contributed by atoms with Crippen LogP contribution in [0.4, 0.5) is 0 Å². The smallest absolute Gasteiger partial charge is 0.268 e. The zero-order chi connectivity index (χ0) is 12.0. The summed E-state index contributed by atoms with van der Waals surface area (Å²) in [5.74, 6) is 0. The number of nitriles is 1. The summed E-state index contributed by atoms with van der Waals surface area (Å²) < 4.78 is 2.38. The van der Waals surface area contributed by atoms with Gasteiger partial charge in [-0.3, -0.25) is 4.79 Å². The lowest BCUT2D eigenvalue weighted by Crippen LogP contribution is -2.16. The molecular formula is C13H8N2OS. The van der Waals surface area contributed by atoms with Crippen LogP contribution in [0.1, 0.15) is 5.56 Å². The first-order chi connectivity index (χ1) is 8.22. The van der Waals surface area contributed by atoms with Crippen LogP contribution >= 0.6 is 11.3 Å². The van der Waals surface area contributed by atoms with E-state index in [1.165, 1.54) is 11.3 Å². The zero-order valence-electron chi connectivity index (χ0n) is 9.10. The summed E-state index contributed by atoms with van der Waals surface area (Å²) in [6, 6.07) is 9.46. The summed E-state index contributed by atoms with van der Waals surface area (Å²) in [5, 5.41) is 12.7. The monoisotopic (exact) mass is 240 g/mol. The van der Waals surface area contributed by atoms with Gasteiger partial charge >= 0.3 is 0 Å². The Kier molecular flexibility index (Phi) is 2.03. The maximum absolute atomic E-state index is 12.1. The van der Waals surface area contributed by atoms with Crippen LogP contribution in [0.2, 0.25) is 0 Å². The van der Waals surface area contributed by atoms with Gasteiger partial charge < -0.3 is 4.57 Å². The van der Waals surface area contributed by atoms with E-state index in [1.54, 1.807) is 17.7 Å². The number of aryl methyl sites for hydroxylation is 1. The van der Waals surface area contributed by atoms with Crippen molar-refractivity contribution in [3.63, 3.8) is 0 Å². The highest BCUT2D eigenvalue weighted by Crippen LogP contribution is 2.26. The van der Waals surface area contributed by atoms with Gasteiger partial charge in [-0.2, -0.15) is 5.26 Å². The van der Waals surface area contributed by atoms with E-state index in [1.807, 2.05) is 23.6 Å². The van der Waals surface area contributed by atoms with Gasteiger partial charge in [0.15, 0.2) is 0 Å². The van der Waals surface area contributed by atoms with E-state index in [0.29, 0.717) is 5.56 Å². The molecule has 4 heteroatoms. The molecule has 1 aromatic carbocycles. The average Bonchev–Trinajstić information content (AvgIpc) is 2.84. The Bertz CT molecular complexity index is 836. The molecule has 0 atom stereocenters. The number of nitrogens with zero attached hydrogens (tertiary/aromatic N) is 2. The summed E-state index contributed by atoms with van der Waals surface area (Å²) in [5.41, 5.74) is 1.50. The minimum atomic E-state index is 0.0206. The lowest BCUT2D eigenvalue weighted by molar-refractivity contribution is 0.920. The van der Waals surface area contributed by atoms with Crippen molar-refractivity contribution in [3.05, 3.63) is 45.6 Å². The quantitative estimate of drug-likeness (QED) is 0.606. The van der Waals surface area contributed by atoms with Gasteiger partial charge in [-0.15, -0.1) is 11.3 Å². The highest BCUT2D eigenvalue weighted by Gasteiger charge is 2.09. The normalized spacial score (nSPS) is 10.8. The molecule has 0 amide bonds. The second-order valence-corrected chi connectivity index (χ2v) is 4.79. The van der Waals surface area contributed by atoms with Crippen LogP contribution in [-0.2, 0) is 7.05 Å². The molecule has 0 spiro atoms. The molecule has 0 aliphatic carbocycles. The van der Waals surface area contributed by atoms with Gasteiger partial charge in [-0.05, 0) is 29.6 Å². The molecule has 0 N–H and O–H groups in total. The SMILES string of the molecule is Cn1c(=O)c2sccc2c2cc(C#N)ccc21. The van der Waals surface area contributed by atoms with Crippen LogP contribution in [-0.4, -0.2) is 4.57 Å². The molecule has 0 aliphatic heterocycles. The number of hydrogen-bond donors (Lipinski definition) is 0. The van der Waals surface area contributed by atoms with Crippen molar-refractivity contribution in [1.29, 1.82) is 5.26 Å². The molecule has 0 saturated carbocycles. The van der Waals surface area contributed by atoms with Crippen LogP contribution in [0.5, 0.6) is 0 Å². The minimum Gasteiger partial charge on any atom is -0.310 e. The van der Waals surface area contributed by atoms with Crippen molar-refractivity contribution in [2.45, 2.75) is 0 Å². The van der Waals surface area contributed by atoms with Crippen molar-refractivity contribution < 1.29 is 0 Å². The Labute approximate surface area is 101 Å². The van der Waals surface area contributed by atoms with E-state index >= 15 is 0 Å². The van der Waals surface area contributed by atoms with Crippen molar-refractivity contribution in [2.75, 3.05) is 0 Å². The summed E-state index contributed by atoms with van der Waals surface area (Å²) in [4.78, 5) is 12.1. The third-order valence-corrected chi connectivity index (χ3v) is 3.84. The number of aromatic nitrogens is 1. The van der Waals surface area contributed by atoms with E-state index in [2.05, 4.69) is 6.07 Å². The fourth-order valence-corrected chi connectivity index (χ4v) is 2.95. The van der Waals surface area contributed by atoms with Crippen molar-refractivity contribution in [3.8, 4) is 6.07 Å². The molecule has 2 heterocycles. The molecule has 3 nitrogen and oxygen atoms in total. The molecule has 0 bridgehead atoms. The molecule has 0 radical (unpaired) electrons. The van der Waals surface area contributed by atoms with Crippen LogP contribution in [0.3, 0.4) is 0 Å². The molecule has 3 rings (SSSR count). The first kappa shape index (κ1) is 10.1. The van der Waals surface area contributed by atoms with E-state index < -0.39 is 0 Å². The molecule has 0 saturated heterocycles. The van der Waals surface area contributed by atoms with Gasteiger partial charge in [0.25, 0.3) is 5.56 Å². The first-order valence-corrected chi connectivity index (χ1v) is 6.00. The Morgan fingerprint density at radius 2 is 2.12 bits per heavy atom. The molecule has 17 heavy (non-hydrogen) atoms. The van der Waals surface area contributed by atoms with Gasteiger partial charge in [0, 0.05) is 17.8 Å². The van der Waals surface area contributed by atoms with E-state index in [0.717, 1.165) is 21.0 Å². The summed E-state index contributed by atoms with van der Waals surface area (Å²) in [6.07, 6.45) is 0. The number of benzene rings is 1. The Morgan fingerprint density at radius 3 is 2.88 bits per heavy atom. The van der Waals surface area contributed by atoms with Gasteiger partial charge in [0.1, 0.15) is 4.70 Å². The molecular weight excluding hydrogens is 232 g/mol. The predicted molar refractivity (Wildman–Crippen MR) is 69.3 cm³/mol. The molecule has 0 unspecified atom stereocenters. The molecule has 0 aliphatic rings. The number of rotatable bonds is 0. The first-order valence-electron chi connectivity index (χ1n) is 5.12. The lowest BCUT2D eigenvalue weighted by Gasteiger charge is -2.06. The summed E-state index contributed by atoms with van der Waals surface area (Å²) in [7, 11) is 1.76. The fourth-order valence-electron chi connectivity index (χ4n) is 2.06. The van der Waals surface area contributed by atoms with Gasteiger partial charge in [0.05, 0.1) is 17.1 Å². The standard InChI is InChI=1S/C13H8N2OS/c1-15-11-3-2-8(7-14)6-10(11)9-4-5-17-12(9)13(15)16/h2-6H,1H3. The lowest BCUT2D eigenvalue weighted by atomic mass is 10.1. The number of fused-ring (bicyclic) bond motifs is 3. The Morgan fingerprint density at radius 1 is 1.29 bits per heavy atom. The van der Waals surface area contributed by atoms with Gasteiger partial charge in [0.2, 0.25) is 0 Å². The Balaban J connectivity index is 2.67. The molecule has 0 fully saturated rings. The number of hydrogen-bond acceptors (Lipinski definition) is 3. The average molecular weight is 240 g/mol. The van der Waals surface area contributed by atoms with Crippen molar-refractivity contribution in [2.24, 2.45) is 7.05 Å². The number of pyridine rings is 1. The third-order valence-electron chi connectivity index (χ3n) is 2.94. The predicted octanol–water partition coefficient (Wildman–Crippen LogP) is 2.62. The van der Waals surface area contributed by atoms with Crippen molar-refractivity contribution in [1.82, 2.24) is 4.57 Å². The summed E-state index contributed by atoms with van der Waals surface area (Å²) in [6.45, 7) is 0. The second-order valence-electron chi connectivity index (χ2n) is 3.87. The van der Waals surface area contributed by atoms with E-state index in [4.69, 9.17) is 5.26 Å². The van der Waals surface area contributed by atoms with Crippen molar-refractivity contribution >= 4 is 32.3 Å². The highest BCUT2D eigenvalue weighted by molar-refractivity contribution is 7.17. The van der Waals surface area contributed by atoms with Gasteiger partial charge in [-0.1, -0.05) is 0 Å². The minimum absolute atomic E-state index is 0.0206. The van der Waals surface area contributed by atoms with Crippen LogP contribution < -0.4 is 5.56 Å². The Hall–Kier alpha value is -2.12. The molecule has 3 aromatic rings. The highest BCUT2D eigenvalue weighted by atomic mass is 32.1. The van der Waals surface area contributed by atoms with Gasteiger partial charge in [-0.25, -0.2) is 0 Å². The summed E-state index contributed by atoms with van der Waals surface area (Å²) >= 11 is 1.44. The van der Waals surface area contributed by atoms with E-state index in [9.17, 15) is 4.79 Å². The van der Waals surface area contributed by atoms with Crippen LogP contribution in [0, 0.1) is 11.3 Å².